The van der Waals surface area contributed by atoms with Crippen LogP contribution in [0.15, 0.2) is 24.3 Å². The van der Waals surface area contributed by atoms with Gasteiger partial charge in [0.05, 0.1) is 5.41 Å². The van der Waals surface area contributed by atoms with Crippen molar-refractivity contribution in [1.29, 1.82) is 0 Å². The number of likely N-dealkylation sites (N-methyl/N-ethyl adjacent to an activating group) is 1. The van der Waals surface area contributed by atoms with Crippen LogP contribution >= 0.6 is 0 Å². The van der Waals surface area contributed by atoms with Crippen LogP contribution in [0.5, 0.6) is 0 Å². The van der Waals surface area contributed by atoms with E-state index in [1.165, 1.54) is 12.8 Å². The van der Waals surface area contributed by atoms with E-state index in [4.69, 9.17) is 5.73 Å². The van der Waals surface area contributed by atoms with Crippen LogP contribution in [0.2, 0.25) is 0 Å². The highest BCUT2D eigenvalue weighted by atomic mass is 16.2. The van der Waals surface area contributed by atoms with Crippen molar-refractivity contribution in [2.75, 3.05) is 25.4 Å². The number of benzene rings is 1. The summed E-state index contributed by atoms with van der Waals surface area (Å²) < 4.78 is 0. The van der Waals surface area contributed by atoms with E-state index in [0.717, 1.165) is 30.9 Å². The number of hydrogen-bond acceptors (Lipinski definition) is 3. The number of nitrogens with zero attached hydrogens (tertiary/aromatic N) is 1. The summed E-state index contributed by atoms with van der Waals surface area (Å²) >= 11 is 0. The molecular weight excluding hydrogens is 262 g/mol. The molecule has 0 radical (unpaired) electrons. The molecule has 0 aliphatic carbocycles. The van der Waals surface area contributed by atoms with Gasteiger partial charge >= 0.3 is 0 Å². The summed E-state index contributed by atoms with van der Waals surface area (Å²) in [7, 11) is 0. The minimum atomic E-state index is -0.538. The van der Waals surface area contributed by atoms with Crippen molar-refractivity contribution in [2.24, 2.45) is 0 Å². The van der Waals surface area contributed by atoms with Gasteiger partial charge in [-0.2, -0.15) is 0 Å². The van der Waals surface area contributed by atoms with Gasteiger partial charge in [-0.15, -0.1) is 0 Å². The highest BCUT2D eigenvalue weighted by molar-refractivity contribution is 5.87. The lowest BCUT2D eigenvalue weighted by molar-refractivity contribution is -0.125. The number of carbonyl (C=O) groups is 1. The van der Waals surface area contributed by atoms with Gasteiger partial charge in [-0.05, 0) is 57.5 Å². The van der Waals surface area contributed by atoms with Crippen LogP contribution in [-0.2, 0) is 10.2 Å². The Balaban J connectivity index is 1.97. The molecule has 1 aromatic rings. The van der Waals surface area contributed by atoms with Gasteiger partial charge in [0.2, 0.25) is 5.91 Å². The number of likely N-dealkylation sites (tertiary alicyclic amines) is 1. The lowest BCUT2D eigenvalue weighted by atomic mass is 9.83. The summed E-state index contributed by atoms with van der Waals surface area (Å²) in [6.45, 7) is 9.05. The van der Waals surface area contributed by atoms with E-state index in [9.17, 15) is 4.79 Å². The van der Waals surface area contributed by atoms with Crippen molar-refractivity contribution in [3.05, 3.63) is 29.8 Å². The average Bonchev–Trinajstić information content (AvgIpc) is 2.92. The zero-order valence-electron chi connectivity index (χ0n) is 13.4. The molecule has 0 aromatic heterocycles. The van der Waals surface area contributed by atoms with Gasteiger partial charge in [0.15, 0.2) is 0 Å². The molecule has 1 fully saturated rings. The Morgan fingerprint density at radius 1 is 1.38 bits per heavy atom. The monoisotopic (exact) mass is 289 g/mol. The van der Waals surface area contributed by atoms with E-state index in [-0.39, 0.29) is 5.91 Å². The fourth-order valence-corrected chi connectivity index (χ4v) is 3.00. The molecule has 1 unspecified atom stereocenters. The predicted molar refractivity (Wildman–Crippen MR) is 87.2 cm³/mol. The fourth-order valence-electron chi connectivity index (χ4n) is 3.00. The molecule has 1 aliphatic rings. The molecule has 1 aliphatic heterocycles. The Labute approximate surface area is 127 Å². The molecule has 0 spiro atoms. The number of rotatable bonds is 5. The van der Waals surface area contributed by atoms with Crippen molar-refractivity contribution in [1.82, 2.24) is 10.2 Å². The second-order valence-corrected chi connectivity index (χ2v) is 6.38. The summed E-state index contributed by atoms with van der Waals surface area (Å²) in [5.74, 6) is 0.0789. The van der Waals surface area contributed by atoms with Gasteiger partial charge in [0.25, 0.3) is 0 Å². The Kier molecular flexibility index (Phi) is 4.88. The Morgan fingerprint density at radius 2 is 2.05 bits per heavy atom. The predicted octanol–water partition coefficient (Wildman–Crippen LogP) is 2.15. The molecule has 0 bridgehead atoms. The van der Waals surface area contributed by atoms with Crippen LogP contribution in [0.4, 0.5) is 5.69 Å². The number of amides is 1. The molecule has 4 nitrogen and oxygen atoms in total. The van der Waals surface area contributed by atoms with E-state index in [2.05, 4.69) is 17.1 Å². The minimum Gasteiger partial charge on any atom is -0.399 e. The summed E-state index contributed by atoms with van der Waals surface area (Å²) in [5.41, 5.74) is 6.89. The smallest absolute Gasteiger partial charge is 0.230 e. The first-order valence-electron chi connectivity index (χ1n) is 7.83. The molecule has 0 saturated carbocycles. The second-order valence-electron chi connectivity index (χ2n) is 6.38. The first-order valence-corrected chi connectivity index (χ1v) is 7.83. The fraction of sp³-hybridized carbons (Fsp3) is 0.588. The lowest BCUT2D eigenvalue weighted by Crippen LogP contribution is -2.46. The van der Waals surface area contributed by atoms with Crippen molar-refractivity contribution in [3.8, 4) is 0 Å². The number of carbonyl (C=O) groups excluding carboxylic acids is 1. The van der Waals surface area contributed by atoms with E-state index in [1.54, 1.807) is 0 Å². The topological polar surface area (TPSA) is 58.4 Å². The maximum absolute atomic E-state index is 12.5. The van der Waals surface area contributed by atoms with E-state index in [1.807, 2.05) is 38.1 Å². The molecule has 1 amide bonds. The third-order valence-corrected chi connectivity index (χ3v) is 4.60. The van der Waals surface area contributed by atoms with Crippen LogP contribution in [0, 0.1) is 0 Å². The first kappa shape index (κ1) is 15.8. The van der Waals surface area contributed by atoms with Crippen molar-refractivity contribution in [3.63, 3.8) is 0 Å². The molecule has 4 heteroatoms. The SMILES string of the molecule is CCN1CCCC1CNC(=O)C(C)(C)c1ccc(N)cc1. The van der Waals surface area contributed by atoms with Gasteiger partial charge in [0, 0.05) is 18.3 Å². The Bertz CT molecular complexity index is 481. The lowest BCUT2D eigenvalue weighted by Gasteiger charge is -2.27. The molecule has 1 atom stereocenters. The Hall–Kier alpha value is -1.55. The van der Waals surface area contributed by atoms with E-state index < -0.39 is 5.41 Å². The summed E-state index contributed by atoms with van der Waals surface area (Å²) in [4.78, 5) is 15.0. The zero-order valence-corrected chi connectivity index (χ0v) is 13.4. The van der Waals surface area contributed by atoms with Crippen LogP contribution < -0.4 is 11.1 Å². The quantitative estimate of drug-likeness (QED) is 0.817. The van der Waals surface area contributed by atoms with Gasteiger partial charge in [-0.25, -0.2) is 0 Å². The molecule has 3 N–H and O–H groups in total. The van der Waals surface area contributed by atoms with Gasteiger partial charge in [0.1, 0.15) is 0 Å². The first-order chi connectivity index (χ1) is 9.95. The molecule has 1 saturated heterocycles. The third kappa shape index (κ3) is 3.56. The van der Waals surface area contributed by atoms with E-state index in [0.29, 0.717) is 6.04 Å². The summed E-state index contributed by atoms with van der Waals surface area (Å²) in [6, 6.07) is 8.05. The van der Waals surface area contributed by atoms with Crippen molar-refractivity contribution >= 4 is 11.6 Å². The molecule has 2 rings (SSSR count). The van der Waals surface area contributed by atoms with Crippen LogP contribution in [-0.4, -0.2) is 36.5 Å². The van der Waals surface area contributed by atoms with Gasteiger partial charge in [-0.3, -0.25) is 9.69 Å². The van der Waals surface area contributed by atoms with Crippen LogP contribution in [0.25, 0.3) is 0 Å². The van der Waals surface area contributed by atoms with Crippen LogP contribution in [0.3, 0.4) is 0 Å². The molecule has 1 heterocycles. The third-order valence-electron chi connectivity index (χ3n) is 4.60. The van der Waals surface area contributed by atoms with Crippen molar-refractivity contribution in [2.45, 2.75) is 45.1 Å². The van der Waals surface area contributed by atoms with Gasteiger partial charge in [-0.1, -0.05) is 19.1 Å². The zero-order chi connectivity index (χ0) is 15.5. The number of hydrogen-bond donors (Lipinski definition) is 2. The highest BCUT2D eigenvalue weighted by Crippen LogP contribution is 2.24. The molecule has 1 aromatic carbocycles. The maximum atomic E-state index is 12.5. The normalized spacial score (nSPS) is 19.7. The average molecular weight is 289 g/mol. The number of nitrogen functional groups attached to an aromatic ring is 1. The number of nitrogens with one attached hydrogen (secondary N) is 1. The minimum absolute atomic E-state index is 0.0789. The van der Waals surface area contributed by atoms with Crippen molar-refractivity contribution < 1.29 is 4.79 Å². The van der Waals surface area contributed by atoms with E-state index >= 15 is 0 Å². The van der Waals surface area contributed by atoms with Gasteiger partial charge < -0.3 is 11.1 Å². The van der Waals surface area contributed by atoms with Crippen LogP contribution in [0.1, 0.15) is 39.2 Å². The number of nitrogens with two attached hydrogens (primary N) is 1. The highest BCUT2D eigenvalue weighted by Gasteiger charge is 2.31. The summed E-state index contributed by atoms with van der Waals surface area (Å²) in [5, 5.41) is 3.13. The second kappa shape index (κ2) is 6.48. The molecule has 21 heavy (non-hydrogen) atoms. The maximum Gasteiger partial charge on any atom is 0.230 e. The number of anilines is 1. The Morgan fingerprint density at radius 3 is 2.67 bits per heavy atom. The standard InChI is InChI=1S/C17H27N3O/c1-4-20-11-5-6-15(20)12-19-16(21)17(2,3)13-7-9-14(18)10-8-13/h7-10,15H,4-6,11-12,18H2,1-3H3,(H,19,21). The summed E-state index contributed by atoms with van der Waals surface area (Å²) in [6.07, 6.45) is 2.41. The molecule has 116 valence electrons. The molecular formula is C17H27N3O. The largest absolute Gasteiger partial charge is 0.399 e.